The molecular weight excluding hydrogens is 335 g/mol. The summed E-state index contributed by atoms with van der Waals surface area (Å²) in [4.78, 5) is 25.3. The lowest BCUT2D eigenvalue weighted by molar-refractivity contribution is 0.0522. The van der Waals surface area contributed by atoms with Gasteiger partial charge in [0.05, 0.1) is 15.9 Å². The van der Waals surface area contributed by atoms with Crippen molar-refractivity contribution in [2.75, 3.05) is 6.61 Å². The molecule has 88 valence electrons. The Hall–Kier alpha value is -0.990. The molecule has 0 amide bonds. The van der Waals surface area contributed by atoms with Crippen LogP contribution < -0.4 is 5.43 Å². The summed E-state index contributed by atoms with van der Waals surface area (Å²) in [7, 11) is 0. The summed E-state index contributed by atoms with van der Waals surface area (Å²) in [5, 5.41) is 0. The number of aromatic amines is 1. The molecule has 16 heavy (non-hydrogen) atoms. The second-order valence-electron chi connectivity index (χ2n) is 2.78. The number of carbonyl (C=O) groups excluding carboxylic acids is 1. The molecule has 0 bridgehead atoms. The quantitative estimate of drug-likeness (QED) is 0.520. The molecule has 0 saturated heterocycles. The first-order valence-electron chi connectivity index (χ1n) is 4.35. The first kappa shape index (κ1) is 13.1. The van der Waals surface area contributed by atoms with Crippen molar-refractivity contribution in [2.45, 2.75) is 13.3 Å². The molecule has 4 nitrogen and oxygen atoms in total. The SMILES string of the molecule is CCOC(=O)c1c(I)[nH]cc(C(F)F)c1=O. The Kier molecular flexibility index (Phi) is 4.39. The van der Waals surface area contributed by atoms with Gasteiger partial charge in [0.1, 0.15) is 5.56 Å². The fourth-order valence-electron chi connectivity index (χ4n) is 1.07. The lowest BCUT2D eigenvalue weighted by atomic mass is 10.2. The van der Waals surface area contributed by atoms with E-state index in [4.69, 9.17) is 0 Å². The Morgan fingerprint density at radius 2 is 2.25 bits per heavy atom. The van der Waals surface area contributed by atoms with Gasteiger partial charge in [-0.2, -0.15) is 0 Å². The molecule has 7 heteroatoms. The van der Waals surface area contributed by atoms with Gasteiger partial charge >= 0.3 is 5.97 Å². The van der Waals surface area contributed by atoms with Crippen LogP contribution in [0.4, 0.5) is 8.78 Å². The molecule has 0 spiro atoms. The van der Waals surface area contributed by atoms with E-state index in [1.54, 1.807) is 29.5 Å². The van der Waals surface area contributed by atoms with Crippen LogP contribution in [0.25, 0.3) is 0 Å². The number of carbonyl (C=O) groups is 1. The first-order chi connectivity index (χ1) is 7.49. The van der Waals surface area contributed by atoms with E-state index < -0.39 is 23.4 Å². The van der Waals surface area contributed by atoms with Gasteiger partial charge < -0.3 is 9.72 Å². The van der Waals surface area contributed by atoms with Crippen LogP contribution in [0.1, 0.15) is 29.3 Å². The van der Waals surface area contributed by atoms with E-state index in [0.717, 1.165) is 6.20 Å². The van der Waals surface area contributed by atoms with E-state index in [1.165, 1.54) is 0 Å². The maximum absolute atomic E-state index is 12.4. The minimum atomic E-state index is -2.92. The second kappa shape index (κ2) is 5.37. The Morgan fingerprint density at radius 3 is 2.75 bits per heavy atom. The van der Waals surface area contributed by atoms with Gasteiger partial charge in [-0.3, -0.25) is 4.79 Å². The first-order valence-corrected chi connectivity index (χ1v) is 5.43. The standard InChI is InChI=1S/C9H8F2INO3/c1-2-16-9(15)5-6(14)4(7(10)11)3-13-8(5)12/h3,7H,2H2,1H3,(H,13,14). The number of pyridine rings is 1. The van der Waals surface area contributed by atoms with E-state index in [1.807, 2.05) is 0 Å². The number of ether oxygens (including phenoxy) is 1. The lowest BCUT2D eigenvalue weighted by Gasteiger charge is -2.05. The molecule has 0 unspecified atom stereocenters. The number of aromatic nitrogens is 1. The van der Waals surface area contributed by atoms with Gasteiger partial charge in [0.25, 0.3) is 6.43 Å². The van der Waals surface area contributed by atoms with Gasteiger partial charge in [-0.1, -0.05) is 0 Å². The fourth-order valence-corrected chi connectivity index (χ4v) is 1.69. The highest BCUT2D eigenvalue weighted by molar-refractivity contribution is 14.1. The largest absolute Gasteiger partial charge is 0.462 e. The molecule has 0 aliphatic rings. The maximum Gasteiger partial charge on any atom is 0.344 e. The fraction of sp³-hybridized carbons (Fsp3) is 0.333. The van der Waals surface area contributed by atoms with Gasteiger partial charge in [0.2, 0.25) is 5.43 Å². The minimum Gasteiger partial charge on any atom is -0.462 e. The van der Waals surface area contributed by atoms with Crippen molar-refractivity contribution in [2.24, 2.45) is 0 Å². The van der Waals surface area contributed by atoms with Gasteiger partial charge in [0, 0.05) is 6.20 Å². The number of esters is 1. The Bertz CT molecular complexity index is 459. The van der Waals surface area contributed by atoms with E-state index in [9.17, 15) is 18.4 Å². The Labute approximate surface area is 103 Å². The van der Waals surface area contributed by atoms with Crippen LogP contribution >= 0.6 is 22.6 Å². The molecule has 1 rings (SSSR count). The average molecular weight is 343 g/mol. The maximum atomic E-state index is 12.4. The highest BCUT2D eigenvalue weighted by Crippen LogP contribution is 2.16. The smallest absolute Gasteiger partial charge is 0.344 e. The molecule has 0 fully saturated rings. The van der Waals surface area contributed by atoms with Gasteiger partial charge in [-0.05, 0) is 29.5 Å². The monoisotopic (exact) mass is 343 g/mol. The Morgan fingerprint density at radius 1 is 1.62 bits per heavy atom. The van der Waals surface area contributed by atoms with Crippen molar-refractivity contribution < 1.29 is 18.3 Å². The van der Waals surface area contributed by atoms with Crippen molar-refractivity contribution in [1.82, 2.24) is 4.98 Å². The average Bonchev–Trinajstić information content (AvgIpc) is 2.17. The predicted octanol–water partition coefficient (Wildman–Crippen LogP) is 2.09. The molecule has 0 aliphatic heterocycles. The van der Waals surface area contributed by atoms with E-state index in [-0.39, 0.29) is 15.9 Å². The molecule has 0 aliphatic carbocycles. The molecule has 0 radical (unpaired) electrons. The zero-order valence-electron chi connectivity index (χ0n) is 8.22. The van der Waals surface area contributed by atoms with Crippen LogP contribution in [-0.4, -0.2) is 17.6 Å². The van der Waals surface area contributed by atoms with Crippen molar-refractivity contribution in [3.63, 3.8) is 0 Å². The highest BCUT2D eigenvalue weighted by Gasteiger charge is 2.22. The third-order valence-electron chi connectivity index (χ3n) is 1.78. The number of rotatable bonds is 3. The molecule has 1 aromatic rings. The summed E-state index contributed by atoms with van der Waals surface area (Å²) in [5.74, 6) is -0.893. The van der Waals surface area contributed by atoms with E-state index in [0.29, 0.717) is 0 Å². The second-order valence-corrected chi connectivity index (χ2v) is 3.86. The number of hydrogen-bond acceptors (Lipinski definition) is 3. The van der Waals surface area contributed by atoms with Gasteiger partial charge in [-0.15, -0.1) is 0 Å². The predicted molar refractivity (Wildman–Crippen MR) is 60.7 cm³/mol. The molecule has 0 atom stereocenters. The van der Waals surface area contributed by atoms with E-state index in [2.05, 4.69) is 9.72 Å². The van der Waals surface area contributed by atoms with Gasteiger partial charge in [0.15, 0.2) is 0 Å². The number of nitrogens with one attached hydrogen (secondary N) is 1. The summed E-state index contributed by atoms with van der Waals surface area (Å²) >= 11 is 1.68. The molecule has 0 saturated carbocycles. The lowest BCUT2D eigenvalue weighted by Crippen LogP contribution is -2.23. The summed E-state index contributed by atoms with van der Waals surface area (Å²) < 4.78 is 29.6. The molecule has 0 aromatic carbocycles. The number of alkyl halides is 2. The third kappa shape index (κ3) is 2.57. The zero-order chi connectivity index (χ0) is 12.3. The molecule has 1 N–H and O–H groups in total. The van der Waals surface area contributed by atoms with Crippen molar-refractivity contribution in [1.29, 1.82) is 0 Å². The van der Waals surface area contributed by atoms with Crippen molar-refractivity contribution >= 4 is 28.6 Å². The van der Waals surface area contributed by atoms with Crippen LogP contribution in [0.15, 0.2) is 11.0 Å². The van der Waals surface area contributed by atoms with E-state index >= 15 is 0 Å². The Balaban J connectivity index is 3.32. The van der Waals surface area contributed by atoms with Crippen LogP contribution in [0.3, 0.4) is 0 Å². The van der Waals surface area contributed by atoms with Crippen LogP contribution in [0.5, 0.6) is 0 Å². The van der Waals surface area contributed by atoms with Gasteiger partial charge in [-0.25, -0.2) is 13.6 Å². The highest BCUT2D eigenvalue weighted by atomic mass is 127. The number of halogens is 3. The molecular formula is C9H8F2INO3. The summed E-state index contributed by atoms with van der Waals surface area (Å²) in [5.41, 5.74) is -2.10. The summed E-state index contributed by atoms with van der Waals surface area (Å²) in [6.07, 6.45) is -2.02. The third-order valence-corrected chi connectivity index (χ3v) is 2.63. The number of hydrogen-bond donors (Lipinski definition) is 1. The summed E-state index contributed by atoms with van der Waals surface area (Å²) in [6.45, 7) is 1.64. The van der Waals surface area contributed by atoms with Crippen LogP contribution in [-0.2, 0) is 4.74 Å². The molecule has 1 heterocycles. The summed E-state index contributed by atoms with van der Waals surface area (Å²) in [6, 6.07) is 0. The topological polar surface area (TPSA) is 59.2 Å². The normalized spacial score (nSPS) is 10.6. The molecule has 1 aromatic heterocycles. The minimum absolute atomic E-state index is 0.0766. The van der Waals surface area contributed by atoms with Crippen LogP contribution in [0.2, 0.25) is 0 Å². The zero-order valence-corrected chi connectivity index (χ0v) is 10.4. The van der Waals surface area contributed by atoms with Crippen molar-refractivity contribution in [3.8, 4) is 0 Å². The number of H-pyrrole nitrogens is 1. The van der Waals surface area contributed by atoms with Crippen molar-refractivity contribution in [3.05, 3.63) is 31.2 Å². The van der Waals surface area contributed by atoms with Crippen LogP contribution in [0, 0.1) is 3.70 Å².